The Hall–Kier alpha value is -1.53. The van der Waals surface area contributed by atoms with Crippen LogP contribution in [-0.2, 0) is 23.7 Å². The first-order valence-electron chi connectivity index (χ1n) is 8.17. The molecular weight excluding hydrogens is 352 g/mol. The maximum atomic E-state index is 11.8. The van der Waals surface area contributed by atoms with Crippen molar-refractivity contribution in [1.82, 2.24) is 0 Å². The predicted octanol–water partition coefficient (Wildman–Crippen LogP) is -2.48. The molecule has 10 nitrogen and oxygen atoms in total. The highest BCUT2D eigenvalue weighted by molar-refractivity contribution is 5.91. The highest BCUT2D eigenvalue weighted by Crippen LogP contribution is 2.42. The molecule has 0 aromatic heterocycles. The molecule has 3 rings (SSSR count). The van der Waals surface area contributed by atoms with Gasteiger partial charge in [0.1, 0.15) is 35.6 Å². The fraction of sp³-hybridized carbons (Fsp3) is 0.688. The quantitative estimate of drug-likeness (QED) is 0.264. The van der Waals surface area contributed by atoms with Crippen molar-refractivity contribution in [2.45, 2.75) is 49.0 Å². The lowest BCUT2D eigenvalue weighted by Gasteiger charge is -2.46. The summed E-state index contributed by atoms with van der Waals surface area (Å²) in [5.74, 6) is -1.61. The summed E-state index contributed by atoms with van der Waals surface area (Å²) in [6, 6.07) is 0. The van der Waals surface area contributed by atoms with Gasteiger partial charge in [0.2, 0.25) is 6.29 Å². The molecular formula is C16H22O10. The maximum Gasteiger partial charge on any atom is 0.340 e. The minimum absolute atomic E-state index is 0.00375. The van der Waals surface area contributed by atoms with Gasteiger partial charge < -0.3 is 44.5 Å². The van der Waals surface area contributed by atoms with Gasteiger partial charge in [0.25, 0.3) is 0 Å². The second-order valence-corrected chi connectivity index (χ2v) is 6.44. The Kier molecular flexibility index (Phi) is 5.35. The predicted molar refractivity (Wildman–Crippen MR) is 82.0 cm³/mol. The molecule has 0 bridgehead atoms. The van der Waals surface area contributed by atoms with Gasteiger partial charge in [0.15, 0.2) is 6.29 Å². The first-order valence-corrected chi connectivity index (χ1v) is 8.17. The summed E-state index contributed by atoms with van der Waals surface area (Å²) in [7, 11) is 0. The summed E-state index contributed by atoms with van der Waals surface area (Å²) >= 11 is 0. The minimum Gasteiger partial charge on any atom is -0.471 e. The molecule has 0 spiro atoms. The number of ether oxygens (including phenoxy) is 4. The first-order chi connectivity index (χ1) is 12.3. The topological polar surface area (TPSA) is 155 Å². The zero-order valence-electron chi connectivity index (χ0n) is 13.8. The number of cyclic esters (lactones) is 1. The van der Waals surface area contributed by atoms with Crippen LogP contribution in [0.2, 0.25) is 0 Å². The van der Waals surface area contributed by atoms with Crippen LogP contribution in [0.5, 0.6) is 0 Å². The Morgan fingerprint density at radius 3 is 2.65 bits per heavy atom. The Labute approximate surface area is 148 Å². The van der Waals surface area contributed by atoms with Crippen molar-refractivity contribution >= 4 is 5.97 Å². The molecule has 26 heavy (non-hydrogen) atoms. The highest BCUT2D eigenvalue weighted by Gasteiger charge is 2.54. The molecule has 8 atom stereocenters. The van der Waals surface area contributed by atoms with Crippen LogP contribution in [0.25, 0.3) is 0 Å². The van der Waals surface area contributed by atoms with Crippen molar-refractivity contribution in [3.63, 3.8) is 0 Å². The van der Waals surface area contributed by atoms with Gasteiger partial charge in [-0.2, -0.15) is 0 Å². The maximum absolute atomic E-state index is 11.8. The minimum atomic E-state index is -1.63. The van der Waals surface area contributed by atoms with E-state index in [-0.39, 0.29) is 18.6 Å². The monoisotopic (exact) mass is 374 g/mol. The Morgan fingerprint density at radius 1 is 1.27 bits per heavy atom. The van der Waals surface area contributed by atoms with Crippen molar-refractivity contribution in [2.24, 2.45) is 5.92 Å². The SMILES string of the molecule is C=C[C@@H]1[C@@H](O[C@@H]2O[C@H](CO)[C@@H](O)[C@H](O)[C@H]2O)OC=C2C(=O)OCC[C@]21O. The van der Waals surface area contributed by atoms with E-state index in [0.29, 0.717) is 0 Å². The molecule has 0 aromatic rings. The summed E-state index contributed by atoms with van der Waals surface area (Å²) in [5.41, 5.74) is -1.70. The number of fused-ring (bicyclic) bond motifs is 1. The lowest BCUT2D eigenvalue weighted by Crippen LogP contribution is -2.61. The summed E-state index contributed by atoms with van der Waals surface area (Å²) in [6.45, 7) is 3.03. The van der Waals surface area contributed by atoms with Gasteiger partial charge in [0.05, 0.1) is 25.4 Å². The molecule has 0 amide bonds. The van der Waals surface area contributed by atoms with Crippen LogP contribution in [0.3, 0.4) is 0 Å². The fourth-order valence-corrected chi connectivity index (χ4v) is 3.36. The normalized spacial score (nSPS) is 45.8. The van der Waals surface area contributed by atoms with E-state index in [0.717, 1.165) is 6.26 Å². The molecule has 0 aromatic carbocycles. The molecule has 0 aliphatic carbocycles. The molecule has 2 fully saturated rings. The number of aliphatic hydroxyl groups is 5. The molecule has 146 valence electrons. The third kappa shape index (κ3) is 3.03. The van der Waals surface area contributed by atoms with E-state index >= 15 is 0 Å². The van der Waals surface area contributed by atoms with E-state index in [1.165, 1.54) is 6.08 Å². The fourth-order valence-electron chi connectivity index (χ4n) is 3.36. The van der Waals surface area contributed by atoms with Crippen LogP contribution in [0, 0.1) is 5.92 Å². The van der Waals surface area contributed by atoms with Crippen molar-refractivity contribution in [2.75, 3.05) is 13.2 Å². The standard InChI is InChI=1S/C16H22O10/c1-2-7-14(24-6-8-13(21)23-4-3-16(7,8)22)26-15-12(20)11(19)10(18)9(5-17)25-15/h2,6-7,9-12,14-15,17-20,22H,1,3-5H2/t7-,9-,10-,11+,12-,14-,15+,16-/m1/s1. The second kappa shape index (κ2) is 7.24. The Balaban J connectivity index is 1.81. The molecule has 5 N–H and O–H groups in total. The van der Waals surface area contributed by atoms with E-state index in [4.69, 9.17) is 18.9 Å². The van der Waals surface area contributed by atoms with Gasteiger partial charge in [-0.25, -0.2) is 4.79 Å². The Bertz CT molecular complexity index is 590. The number of carbonyl (C=O) groups is 1. The van der Waals surface area contributed by atoms with Gasteiger partial charge >= 0.3 is 5.97 Å². The first kappa shape index (κ1) is 19.2. The molecule has 2 saturated heterocycles. The number of hydrogen-bond acceptors (Lipinski definition) is 10. The molecule has 3 aliphatic rings. The number of rotatable bonds is 4. The summed E-state index contributed by atoms with van der Waals surface area (Å²) in [4.78, 5) is 11.8. The lowest BCUT2D eigenvalue weighted by molar-refractivity contribution is -0.344. The van der Waals surface area contributed by atoms with E-state index in [1.807, 2.05) is 0 Å². The van der Waals surface area contributed by atoms with Gasteiger partial charge in [-0.15, -0.1) is 6.58 Å². The lowest BCUT2D eigenvalue weighted by atomic mass is 9.76. The van der Waals surface area contributed by atoms with Crippen molar-refractivity contribution < 1.29 is 49.3 Å². The van der Waals surface area contributed by atoms with Gasteiger partial charge in [-0.3, -0.25) is 0 Å². The number of aliphatic hydroxyl groups excluding tert-OH is 4. The number of carbonyl (C=O) groups excluding carboxylic acids is 1. The van der Waals surface area contributed by atoms with Crippen LogP contribution in [0.15, 0.2) is 24.5 Å². The average Bonchev–Trinajstić information content (AvgIpc) is 2.61. The summed E-state index contributed by atoms with van der Waals surface area (Å²) in [5, 5.41) is 49.9. The van der Waals surface area contributed by atoms with Crippen LogP contribution >= 0.6 is 0 Å². The van der Waals surface area contributed by atoms with Crippen molar-refractivity contribution in [1.29, 1.82) is 0 Å². The molecule has 10 heteroatoms. The highest BCUT2D eigenvalue weighted by atomic mass is 16.8. The summed E-state index contributed by atoms with van der Waals surface area (Å²) < 4.78 is 21.1. The van der Waals surface area contributed by atoms with Crippen molar-refractivity contribution in [3.8, 4) is 0 Å². The molecule has 3 heterocycles. The van der Waals surface area contributed by atoms with Crippen molar-refractivity contribution in [3.05, 3.63) is 24.5 Å². The molecule has 0 saturated carbocycles. The third-order valence-corrected chi connectivity index (χ3v) is 4.94. The van der Waals surface area contributed by atoms with Crippen LogP contribution in [0.4, 0.5) is 0 Å². The van der Waals surface area contributed by atoms with E-state index in [2.05, 4.69) is 6.58 Å². The van der Waals surface area contributed by atoms with Gasteiger partial charge in [0, 0.05) is 6.42 Å². The third-order valence-electron chi connectivity index (χ3n) is 4.94. The smallest absolute Gasteiger partial charge is 0.340 e. The molecule has 0 unspecified atom stereocenters. The van der Waals surface area contributed by atoms with E-state index in [9.17, 15) is 30.3 Å². The Morgan fingerprint density at radius 2 is 2.00 bits per heavy atom. The van der Waals surface area contributed by atoms with Gasteiger partial charge in [-0.05, 0) is 0 Å². The number of esters is 1. The number of hydrogen-bond donors (Lipinski definition) is 5. The van der Waals surface area contributed by atoms with E-state index < -0.39 is 61.1 Å². The van der Waals surface area contributed by atoms with Crippen LogP contribution in [0.1, 0.15) is 6.42 Å². The van der Waals surface area contributed by atoms with E-state index in [1.54, 1.807) is 0 Å². The largest absolute Gasteiger partial charge is 0.471 e. The van der Waals surface area contributed by atoms with Crippen LogP contribution in [-0.4, -0.2) is 87.3 Å². The van der Waals surface area contributed by atoms with Crippen LogP contribution < -0.4 is 0 Å². The zero-order chi connectivity index (χ0) is 19.1. The average molecular weight is 374 g/mol. The second-order valence-electron chi connectivity index (χ2n) is 6.44. The zero-order valence-corrected chi connectivity index (χ0v) is 13.8. The molecule has 3 aliphatic heterocycles. The van der Waals surface area contributed by atoms with Gasteiger partial charge in [-0.1, -0.05) is 6.08 Å². The molecule has 0 radical (unpaired) electrons. The summed E-state index contributed by atoms with van der Waals surface area (Å²) in [6.07, 6.45) is -6.10.